The van der Waals surface area contributed by atoms with Crippen LogP contribution in [0.3, 0.4) is 0 Å². The van der Waals surface area contributed by atoms with Crippen LogP contribution >= 0.6 is 0 Å². The molecule has 0 aliphatic carbocycles. The van der Waals surface area contributed by atoms with E-state index in [0.717, 1.165) is 64.2 Å². The summed E-state index contributed by atoms with van der Waals surface area (Å²) in [4.78, 5) is 24.1. The van der Waals surface area contributed by atoms with Gasteiger partial charge in [0.05, 0.1) is 0 Å². The third-order valence-corrected chi connectivity index (χ3v) is 4.74. The molecule has 4 nitrogen and oxygen atoms in total. The van der Waals surface area contributed by atoms with Crippen molar-refractivity contribution in [3.05, 3.63) is 0 Å². The lowest BCUT2D eigenvalue weighted by Gasteiger charge is -2.15. The number of hydrogen-bond donors (Lipinski definition) is 2. The zero-order chi connectivity index (χ0) is 18.2. The van der Waals surface area contributed by atoms with Crippen LogP contribution in [0.15, 0.2) is 0 Å². The Balaban J connectivity index is 3.78. The van der Waals surface area contributed by atoms with Gasteiger partial charge in [-0.2, -0.15) is 0 Å². The third-order valence-electron chi connectivity index (χ3n) is 4.74. The van der Waals surface area contributed by atoms with Crippen LogP contribution in [0, 0.1) is 11.8 Å². The number of carbonyl (C=O) groups excluding carboxylic acids is 2. The molecule has 0 saturated heterocycles. The van der Waals surface area contributed by atoms with Crippen molar-refractivity contribution < 1.29 is 9.59 Å². The van der Waals surface area contributed by atoms with Gasteiger partial charge in [0, 0.05) is 24.9 Å². The quantitative estimate of drug-likeness (QED) is 0.433. The van der Waals surface area contributed by atoms with Crippen molar-refractivity contribution in [1.82, 2.24) is 10.6 Å². The molecule has 4 heteroatoms. The van der Waals surface area contributed by atoms with Crippen molar-refractivity contribution in [2.24, 2.45) is 11.8 Å². The van der Waals surface area contributed by atoms with E-state index in [1.54, 1.807) is 0 Å². The smallest absolute Gasteiger partial charge is 0.223 e. The molecule has 0 heterocycles. The lowest BCUT2D eigenvalue weighted by Crippen LogP contribution is -2.33. The molecule has 0 aromatic heterocycles. The van der Waals surface area contributed by atoms with Crippen molar-refractivity contribution in [3.8, 4) is 0 Å². The van der Waals surface area contributed by atoms with Crippen molar-refractivity contribution in [2.75, 3.05) is 13.1 Å². The number of unbranched alkanes of at least 4 members (excludes halogenated alkanes) is 3. The summed E-state index contributed by atoms with van der Waals surface area (Å²) in [5.74, 6) is 0.711. The molecule has 2 N–H and O–H groups in total. The van der Waals surface area contributed by atoms with Gasteiger partial charge in [-0.05, 0) is 38.5 Å². The normalized spacial score (nSPS) is 13.3. The monoisotopic (exact) mass is 340 g/mol. The van der Waals surface area contributed by atoms with Gasteiger partial charge in [-0.25, -0.2) is 0 Å². The Labute approximate surface area is 149 Å². The molecule has 0 fully saturated rings. The van der Waals surface area contributed by atoms with Crippen molar-refractivity contribution in [1.29, 1.82) is 0 Å². The molecule has 2 unspecified atom stereocenters. The Morgan fingerprint density at radius 3 is 1.33 bits per heavy atom. The summed E-state index contributed by atoms with van der Waals surface area (Å²) < 4.78 is 0. The Kier molecular flexibility index (Phi) is 14.8. The van der Waals surface area contributed by atoms with E-state index in [1.807, 2.05) is 0 Å². The van der Waals surface area contributed by atoms with Gasteiger partial charge in [-0.3, -0.25) is 9.59 Å². The van der Waals surface area contributed by atoms with Gasteiger partial charge in [0.1, 0.15) is 0 Å². The predicted octanol–water partition coefficient (Wildman–Crippen LogP) is 4.43. The fourth-order valence-corrected chi connectivity index (χ4v) is 2.90. The highest BCUT2D eigenvalue weighted by Crippen LogP contribution is 2.13. The molecule has 0 rings (SSSR count). The van der Waals surface area contributed by atoms with Gasteiger partial charge in [0.15, 0.2) is 0 Å². The first-order valence-corrected chi connectivity index (χ1v) is 10.2. The Morgan fingerprint density at radius 1 is 0.667 bits per heavy atom. The van der Waals surface area contributed by atoms with Crippen molar-refractivity contribution in [2.45, 2.75) is 91.9 Å². The van der Waals surface area contributed by atoms with E-state index in [4.69, 9.17) is 0 Å². The van der Waals surface area contributed by atoms with Crippen LogP contribution in [0.1, 0.15) is 91.9 Å². The summed E-state index contributed by atoms with van der Waals surface area (Å²) in [7, 11) is 0. The molecule has 0 saturated carbocycles. The summed E-state index contributed by atoms with van der Waals surface area (Å²) in [6.45, 7) is 9.90. The van der Waals surface area contributed by atoms with Crippen molar-refractivity contribution in [3.63, 3.8) is 0 Å². The first kappa shape index (κ1) is 22.9. The van der Waals surface area contributed by atoms with Gasteiger partial charge in [0.2, 0.25) is 11.8 Å². The molecule has 2 amide bonds. The van der Waals surface area contributed by atoms with E-state index in [-0.39, 0.29) is 23.7 Å². The molecule has 24 heavy (non-hydrogen) atoms. The number of nitrogens with one attached hydrogen (secondary N) is 2. The molecule has 0 bridgehead atoms. The first-order chi connectivity index (χ1) is 11.6. The van der Waals surface area contributed by atoms with Gasteiger partial charge >= 0.3 is 0 Å². The highest BCUT2D eigenvalue weighted by molar-refractivity contribution is 5.78. The minimum atomic E-state index is 0.161. The van der Waals surface area contributed by atoms with Crippen LogP contribution in [-0.4, -0.2) is 24.9 Å². The number of hydrogen-bond acceptors (Lipinski definition) is 2. The molecular formula is C20H40N2O2. The van der Waals surface area contributed by atoms with Crippen molar-refractivity contribution >= 4 is 11.8 Å². The van der Waals surface area contributed by atoms with Gasteiger partial charge in [0.25, 0.3) is 0 Å². The molecule has 0 aromatic rings. The van der Waals surface area contributed by atoms with Crippen LogP contribution in [0.25, 0.3) is 0 Å². The molecule has 0 radical (unpaired) electrons. The average molecular weight is 341 g/mol. The lowest BCUT2D eigenvalue weighted by atomic mass is 9.98. The minimum absolute atomic E-state index is 0.161. The van der Waals surface area contributed by atoms with E-state index in [9.17, 15) is 9.59 Å². The summed E-state index contributed by atoms with van der Waals surface area (Å²) >= 11 is 0. The summed E-state index contributed by atoms with van der Waals surface area (Å²) in [5.41, 5.74) is 0. The second-order valence-electron chi connectivity index (χ2n) is 6.78. The summed E-state index contributed by atoms with van der Waals surface area (Å²) in [5, 5.41) is 6.08. The molecule has 2 atom stereocenters. The van der Waals surface area contributed by atoms with Gasteiger partial charge < -0.3 is 10.6 Å². The fourth-order valence-electron chi connectivity index (χ4n) is 2.90. The summed E-state index contributed by atoms with van der Waals surface area (Å²) in [6.07, 6.45) is 10.2. The molecule has 0 aliphatic rings. The van der Waals surface area contributed by atoms with E-state index in [1.165, 1.54) is 0 Å². The zero-order valence-electron chi connectivity index (χ0n) is 16.5. The summed E-state index contributed by atoms with van der Waals surface area (Å²) in [6, 6.07) is 0. The molecular weight excluding hydrogens is 300 g/mol. The van der Waals surface area contributed by atoms with E-state index >= 15 is 0 Å². The van der Waals surface area contributed by atoms with Crippen LogP contribution in [-0.2, 0) is 9.59 Å². The first-order valence-electron chi connectivity index (χ1n) is 10.2. The van der Waals surface area contributed by atoms with E-state index in [2.05, 4.69) is 38.3 Å². The topological polar surface area (TPSA) is 58.2 Å². The van der Waals surface area contributed by atoms with E-state index < -0.39 is 0 Å². The third kappa shape index (κ3) is 10.7. The lowest BCUT2D eigenvalue weighted by molar-refractivity contribution is -0.126. The van der Waals surface area contributed by atoms with Crippen LogP contribution in [0.5, 0.6) is 0 Å². The highest BCUT2D eigenvalue weighted by Gasteiger charge is 2.16. The zero-order valence-corrected chi connectivity index (χ0v) is 16.5. The highest BCUT2D eigenvalue weighted by atomic mass is 16.2. The molecule has 0 aromatic carbocycles. The molecule has 0 aliphatic heterocycles. The Morgan fingerprint density at radius 2 is 1.04 bits per heavy atom. The maximum absolute atomic E-state index is 12.1. The van der Waals surface area contributed by atoms with E-state index in [0.29, 0.717) is 13.1 Å². The standard InChI is InChI=1S/C20H40N2O2/c1-5-9-13-17(7-3)19(23)21-15-11-12-16-22-20(24)18(8-4)14-10-6-2/h17-18H,5-16H2,1-4H3,(H,21,23)(H,22,24). The van der Waals surface area contributed by atoms with Crippen LogP contribution in [0.2, 0.25) is 0 Å². The minimum Gasteiger partial charge on any atom is -0.356 e. The fraction of sp³-hybridized carbons (Fsp3) is 0.900. The maximum Gasteiger partial charge on any atom is 0.223 e. The number of carbonyl (C=O) groups is 2. The number of rotatable bonds is 15. The maximum atomic E-state index is 12.1. The van der Waals surface area contributed by atoms with Gasteiger partial charge in [-0.1, -0.05) is 53.4 Å². The second kappa shape index (κ2) is 15.5. The average Bonchev–Trinajstić information content (AvgIpc) is 2.59. The molecule has 142 valence electrons. The van der Waals surface area contributed by atoms with Crippen LogP contribution < -0.4 is 10.6 Å². The SMILES string of the molecule is CCCCC(CC)C(=O)NCCCCNC(=O)C(CC)CCCC. The Bertz CT molecular complexity index is 300. The van der Waals surface area contributed by atoms with Crippen LogP contribution in [0.4, 0.5) is 0 Å². The van der Waals surface area contributed by atoms with Gasteiger partial charge in [-0.15, -0.1) is 0 Å². The molecule has 0 spiro atoms. The predicted molar refractivity (Wildman–Crippen MR) is 102 cm³/mol. The Hall–Kier alpha value is -1.06. The number of amides is 2. The largest absolute Gasteiger partial charge is 0.356 e. The second-order valence-corrected chi connectivity index (χ2v) is 6.78.